The number of carboxylic acid groups (broad SMARTS) is 1. The van der Waals surface area contributed by atoms with Crippen LogP contribution in [-0.4, -0.2) is 28.6 Å². The number of carbonyl (C=O) groups is 1. The van der Waals surface area contributed by atoms with Gasteiger partial charge in [0.1, 0.15) is 0 Å². The van der Waals surface area contributed by atoms with E-state index in [1.165, 1.54) is 70.6 Å². The van der Waals surface area contributed by atoms with Crippen LogP contribution in [0.25, 0.3) is 0 Å². The van der Waals surface area contributed by atoms with E-state index in [4.69, 9.17) is 22.6 Å². The lowest BCUT2D eigenvalue weighted by Gasteiger charge is -2.02. The fraction of sp³-hybridized carbons (Fsp3) is 0.938. The molecule has 0 heterocycles. The van der Waals surface area contributed by atoms with Crippen molar-refractivity contribution in [1.29, 1.82) is 0 Å². The third kappa shape index (κ3) is 56.7. The van der Waals surface area contributed by atoms with E-state index in [1.807, 2.05) is 0 Å². The van der Waals surface area contributed by atoms with Crippen LogP contribution in [0.1, 0.15) is 96.8 Å². The minimum atomic E-state index is -4.67. The standard InChI is InChI=1S/C16H32O2.3H3N.H2O4S/c1-2-3-4-5-6-7-8-9-10-11-12-13-14-15-16(17)18;;;;1-5(2,3)4/h2-15H2,1H3,(H,17,18);3*1H3;(H2,1,2,3,4). The van der Waals surface area contributed by atoms with Crippen molar-refractivity contribution < 1.29 is 27.4 Å². The molecule has 10 heteroatoms. The van der Waals surface area contributed by atoms with Gasteiger partial charge in [-0.25, -0.2) is 0 Å². The summed E-state index contributed by atoms with van der Waals surface area (Å²) in [4.78, 5) is 10.3. The molecule has 0 radical (unpaired) electrons. The zero-order valence-corrected chi connectivity index (χ0v) is 17.3. The second-order valence-electron chi connectivity index (χ2n) is 5.83. The Morgan fingerprint density at radius 3 is 1.12 bits per heavy atom. The Morgan fingerprint density at radius 1 is 0.654 bits per heavy atom. The number of hydrogen-bond acceptors (Lipinski definition) is 6. The van der Waals surface area contributed by atoms with E-state index in [0.717, 1.165) is 12.8 Å². The monoisotopic (exact) mass is 405 g/mol. The highest BCUT2D eigenvalue weighted by Gasteiger charge is 1.96. The van der Waals surface area contributed by atoms with Crippen molar-refractivity contribution in [3.8, 4) is 0 Å². The molecule has 0 aliphatic rings. The van der Waals surface area contributed by atoms with E-state index >= 15 is 0 Å². The first-order valence-corrected chi connectivity index (χ1v) is 10.1. The van der Waals surface area contributed by atoms with Crippen LogP contribution >= 0.6 is 0 Å². The van der Waals surface area contributed by atoms with Gasteiger partial charge < -0.3 is 23.6 Å². The van der Waals surface area contributed by atoms with Crippen LogP contribution in [0.2, 0.25) is 0 Å². The van der Waals surface area contributed by atoms with E-state index in [9.17, 15) is 4.79 Å². The van der Waals surface area contributed by atoms with E-state index in [2.05, 4.69) is 6.92 Å². The molecule has 0 aromatic heterocycles. The smallest absolute Gasteiger partial charge is 0.394 e. The Balaban J connectivity index is -0.000000162. The fourth-order valence-corrected chi connectivity index (χ4v) is 2.29. The molecule has 12 N–H and O–H groups in total. The van der Waals surface area contributed by atoms with Gasteiger partial charge in [-0.15, -0.1) is 0 Å². The van der Waals surface area contributed by atoms with Crippen LogP contribution in [0.4, 0.5) is 0 Å². The maximum atomic E-state index is 10.3. The summed E-state index contributed by atoms with van der Waals surface area (Å²) in [5.74, 6) is -0.655. The van der Waals surface area contributed by atoms with Crippen molar-refractivity contribution in [2.45, 2.75) is 96.8 Å². The van der Waals surface area contributed by atoms with Crippen molar-refractivity contribution >= 4 is 16.4 Å². The molecule has 26 heavy (non-hydrogen) atoms. The second kappa shape index (κ2) is 26.4. The van der Waals surface area contributed by atoms with Crippen molar-refractivity contribution in [2.75, 3.05) is 0 Å². The van der Waals surface area contributed by atoms with Gasteiger partial charge >= 0.3 is 16.4 Å². The van der Waals surface area contributed by atoms with Gasteiger partial charge in [0, 0.05) is 6.42 Å². The Bertz CT molecular complexity index is 359. The van der Waals surface area contributed by atoms with E-state index in [1.54, 1.807) is 0 Å². The molecule has 0 aliphatic heterocycles. The maximum Gasteiger partial charge on any atom is 0.394 e. The number of rotatable bonds is 14. The molecule has 164 valence electrons. The molecule has 0 unspecified atom stereocenters. The molecule has 9 nitrogen and oxygen atoms in total. The lowest BCUT2D eigenvalue weighted by molar-refractivity contribution is -0.137. The molecular weight excluding hydrogens is 362 g/mol. The zero-order valence-electron chi connectivity index (χ0n) is 16.5. The molecule has 0 aromatic rings. The topological polar surface area (TPSA) is 217 Å². The van der Waals surface area contributed by atoms with E-state index in [0.29, 0.717) is 6.42 Å². The summed E-state index contributed by atoms with van der Waals surface area (Å²) in [6, 6.07) is 0. The molecule has 0 aliphatic carbocycles. The lowest BCUT2D eigenvalue weighted by atomic mass is 10.0. The third-order valence-electron chi connectivity index (χ3n) is 3.49. The second-order valence-corrected chi connectivity index (χ2v) is 6.73. The van der Waals surface area contributed by atoms with E-state index in [-0.39, 0.29) is 18.5 Å². The summed E-state index contributed by atoms with van der Waals surface area (Å²) in [7, 11) is -4.67. The van der Waals surface area contributed by atoms with Gasteiger partial charge in [0.15, 0.2) is 0 Å². The summed E-state index contributed by atoms with van der Waals surface area (Å²) in [5, 5.41) is 8.49. The largest absolute Gasteiger partial charge is 0.481 e. The first kappa shape index (κ1) is 36.2. The number of unbranched alkanes of at least 4 members (excludes halogenated alkanes) is 12. The molecule has 0 amide bonds. The van der Waals surface area contributed by atoms with Gasteiger partial charge in [0.05, 0.1) is 0 Å². The minimum Gasteiger partial charge on any atom is -0.481 e. The van der Waals surface area contributed by atoms with Crippen LogP contribution < -0.4 is 18.5 Å². The Hall–Kier alpha value is -0.780. The quantitative estimate of drug-likeness (QED) is 0.161. The molecular formula is C16H43N3O6S. The summed E-state index contributed by atoms with van der Waals surface area (Å²) in [5.41, 5.74) is 0. The number of hydrogen-bond donors (Lipinski definition) is 6. The molecule has 0 saturated heterocycles. The van der Waals surface area contributed by atoms with Crippen molar-refractivity contribution in [1.82, 2.24) is 18.5 Å². The Morgan fingerprint density at radius 2 is 0.885 bits per heavy atom. The molecule has 0 rings (SSSR count). The highest BCUT2D eigenvalue weighted by atomic mass is 32.3. The molecule has 0 bridgehead atoms. The summed E-state index contributed by atoms with van der Waals surface area (Å²) in [6.45, 7) is 2.26. The van der Waals surface area contributed by atoms with Crippen LogP contribution in [0.3, 0.4) is 0 Å². The fourth-order valence-electron chi connectivity index (χ4n) is 2.29. The number of carboxylic acids is 1. The first-order valence-electron chi connectivity index (χ1n) is 8.69. The average Bonchev–Trinajstić information content (AvgIpc) is 2.42. The normalized spacial score (nSPS) is 9.65. The van der Waals surface area contributed by atoms with Crippen LogP contribution in [0.15, 0.2) is 0 Å². The van der Waals surface area contributed by atoms with Crippen molar-refractivity contribution in [3.63, 3.8) is 0 Å². The average molecular weight is 406 g/mol. The minimum absolute atomic E-state index is 0. The molecule has 0 atom stereocenters. The molecule has 0 fully saturated rings. The van der Waals surface area contributed by atoms with Crippen LogP contribution in [0, 0.1) is 0 Å². The van der Waals surface area contributed by atoms with Crippen molar-refractivity contribution in [3.05, 3.63) is 0 Å². The lowest BCUT2D eigenvalue weighted by Crippen LogP contribution is -1.93. The Labute approximate surface area is 159 Å². The molecule has 0 saturated carbocycles. The first-order chi connectivity index (χ1) is 10.8. The number of aliphatic carboxylic acids is 1. The summed E-state index contributed by atoms with van der Waals surface area (Å²) in [6.07, 6.45) is 17.3. The zero-order chi connectivity index (χ0) is 18.0. The highest BCUT2D eigenvalue weighted by molar-refractivity contribution is 7.79. The third-order valence-corrected chi connectivity index (χ3v) is 3.49. The van der Waals surface area contributed by atoms with Crippen molar-refractivity contribution in [2.24, 2.45) is 0 Å². The van der Waals surface area contributed by atoms with Gasteiger partial charge in [0.2, 0.25) is 0 Å². The van der Waals surface area contributed by atoms with Gasteiger partial charge in [0.25, 0.3) is 0 Å². The molecule has 0 spiro atoms. The van der Waals surface area contributed by atoms with E-state index < -0.39 is 16.4 Å². The molecule has 0 aromatic carbocycles. The van der Waals surface area contributed by atoms with Crippen LogP contribution in [0.5, 0.6) is 0 Å². The summed E-state index contributed by atoms with van der Waals surface area (Å²) < 4.78 is 31.6. The highest BCUT2D eigenvalue weighted by Crippen LogP contribution is 2.12. The van der Waals surface area contributed by atoms with Gasteiger partial charge in [-0.1, -0.05) is 84.0 Å². The Kier molecular flexibility index (Phi) is 36.8. The maximum absolute atomic E-state index is 10.3. The van der Waals surface area contributed by atoms with Gasteiger partial charge in [-0.2, -0.15) is 8.42 Å². The van der Waals surface area contributed by atoms with Crippen LogP contribution in [-0.2, 0) is 15.2 Å². The summed E-state index contributed by atoms with van der Waals surface area (Å²) >= 11 is 0. The predicted molar refractivity (Wildman–Crippen MR) is 107 cm³/mol. The van der Waals surface area contributed by atoms with Gasteiger partial charge in [-0.05, 0) is 6.42 Å². The SMILES string of the molecule is CCCCCCCCCCCCCCCC(=O)O.N.N.N.O=S(=O)(O)O. The van der Waals surface area contributed by atoms with Gasteiger partial charge in [-0.3, -0.25) is 13.9 Å². The predicted octanol–water partition coefficient (Wildman–Crippen LogP) is 5.39.